The van der Waals surface area contributed by atoms with Gasteiger partial charge in [-0.2, -0.15) is 0 Å². The molecular formula is C26H22O5. The Morgan fingerprint density at radius 1 is 1.03 bits per heavy atom. The lowest BCUT2D eigenvalue weighted by molar-refractivity contribution is -0.151. The van der Waals surface area contributed by atoms with Crippen LogP contribution in [0, 0.1) is 6.92 Å². The van der Waals surface area contributed by atoms with Gasteiger partial charge in [0.15, 0.2) is 5.76 Å². The van der Waals surface area contributed by atoms with Gasteiger partial charge in [-0.3, -0.25) is 4.79 Å². The fourth-order valence-corrected chi connectivity index (χ4v) is 3.29. The first-order valence-electron chi connectivity index (χ1n) is 10.1. The SMILES string of the molecule is CCOC(=O)C(Oc1ccc2c(c1)O/C(=C\c1ccc(C)cc1)C2=O)c1ccccc1. The van der Waals surface area contributed by atoms with Crippen LogP contribution in [0.2, 0.25) is 0 Å². The Kier molecular flexibility index (Phi) is 5.85. The van der Waals surface area contributed by atoms with E-state index in [1.54, 1.807) is 43.3 Å². The zero-order valence-electron chi connectivity index (χ0n) is 17.3. The largest absolute Gasteiger partial charge is 0.474 e. The molecule has 1 heterocycles. The van der Waals surface area contributed by atoms with Crippen molar-refractivity contribution in [3.8, 4) is 11.5 Å². The molecule has 5 heteroatoms. The molecule has 31 heavy (non-hydrogen) atoms. The molecule has 3 aromatic rings. The van der Waals surface area contributed by atoms with Gasteiger partial charge in [0, 0.05) is 11.6 Å². The summed E-state index contributed by atoms with van der Waals surface area (Å²) in [5.74, 6) is 0.390. The van der Waals surface area contributed by atoms with E-state index in [9.17, 15) is 9.59 Å². The Bertz CT molecular complexity index is 1130. The molecule has 0 saturated heterocycles. The number of rotatable bonds is 6. The van der Waals surface area contributed by atoms with Crippen molar-refractivity contribution in [1.82, 2.24) is 0 Å². The Morgan fingerprint density at radius 3 is 2.48 bits per heavy atom. The quantitative estimate of drug-likeness (QED) is 0.405. The number of ether oxygens (including phenoxy) is 3. The van der Waals surface area contributed by atoms with Crippen LogP contribution in [0.25, 0.3) is 6.08 Å². The van der Waals surface area contributed by atoms with Crippen LogP contribution in [-0.2, 0) is 9.53 Å². The first kappa shape index (κ1) is 20.4. The number of aryl methyl sites for hydroxylation is 1. The molecule has 0 aliphatic carbocycles. The molecule has 5 nitrogen and oxygen atoms in total. The van der Waals surface area contributed by atoms with Gasteiger partial charge in [0.25, 0.3) is 0 Å². The minimum Gasteiger partial charge on any atom is -0.474 e. The van der Waals surface area contributed by atoms with Gasteiger partial charge < -0.3 is 14.2 Å². The van der Waals surface area contributed by atoms with Crippen molar-refractivity contribution < 1.29 is 23.8 Å². The van der Waals surface area contributed by atoms with Crippen molar-refractivity contribution in [2.45, 2.75) is 20.0 Å². The maximum Gasteiger partial charge on any atom is 0.352 e. The van der Waals surface area contributed by atoms with Crippen LogP contribution < -0.4 is 9.47 Å². The van der Waals surface area contributed by atoms with Crippen molar-refractivity contribution in [3.05, 3.63) is 101 Å². The van der Waals surface area contributed by atoms with Gasteiger partial charge in [-0.15, -0.1) is 0 Å². The highest BCUT2D eigenvalue weighted by Gasteiger charge is 2.29. The van der Waals surface area contributed by atoms with Gasteiger partial charge in [0.1, 0.15) is 11.5 Å². The molecule has 4 rings (SSSR count). The first-order chi connectivity index (χ1) is 15.0. The van der Waals surface area contributed by atoms with E-state index < -0.39 is 12.1 Å². The van der Waals surface area contributed by atoms with Gasteiger partial charge in [0.2, 0.25) is 11.9 Å². The van der Waals surface area contributed by atoms with E-state index in [1.165, 1.54) is 0 Å². The Labute approximate surface area is 180 Å². The van der Waals surface area contributed by atoms with Crippen LogP contribution in [0.5, 0.6) is 11.5 Å². The van der Waals surface area contributed by atoms with Gasteiger partial charge in [-0.05, 0) is 37.6 Å². The highest BCUT2D eigenvalue weighted by molar-refractivity contribution is 6.14. The topological polar surface area (TPSA) is 61.8 Å². The van der Waals surface area contributed by atoms with E-state index in [4.69, 9.17) is 14.2 Å². The second-order valence-electron chi connectivity index (χ2n) is 7.17. The second kappa shape index (κ2) is 8.88. The van der Waals surface area contributed by atoms with Gasteiger partial charge in [-0.25, -0.2) is 4.79 Å². The maximum absolute atomic E-state index is 12.7. The summed E-state index contributed by atoms with van der Waals surface area (Å²) in [4.78, 5) is 25.2. The highest BCUT2D eigenvalue weighted by atomic mass is 16.6. The van der Waals surface area contributed by atoms with Crippen LogP contribution in [0.4, 0.5) is 0 Å². The molecule has 0 bridgehead atoms. The summed E-state index contributed by atoms with van der Waals surface area (Å²) in [5, 5.41) is 0. The molecular weight excluding hydrogens is 392 g/mol. The third kappa shape index (κ3) is 4.51. The second-order valence-corrected chi connectivity index (χ2v) is 7.17. The van der Waals surface area contributed by atoms with E-state index in [0.29, 0.717) is 22.6 Å². The fourth-order valence-electron chi connectivity index (χ4n) is 3.29. The van der Waals surface area contributed by atoms with Gasteiger partial charge >= 0.3 is 5.97 Å². The lowest BCUT2D eigenvalue weighted by atomic mass is 10.1. The lowest BCUT2D eigenvalue weighted by Gasteiger charge is -2.18. The molecule has 0 saturated carbocycles. The Balaban J connectivity index is 1.58. The third-order valence-corrected chi connectivity index (χ3v) is 4.87. The molecule has 3 aromatic carbocycles. The zero-order valence-corrected chi connectivity index (χ0v) is 17.3. The molecule has 0 spiro atoms. The summed E-state index contributed by atoms with van der Waals surface area (Å²) in [7, 11) is 0. The zero-order chi connectivity index (χ0) is 21.8. The number of carbonyl (C=O) groups excluding carboxylic acids is 2. The van der Waals surface area contributed by atoms with E-state index in [-0.39, 0.29) is 18.1 Å². The monoisotopic (exact) mass is 414 g/mol. The summed E-state index contributed by atoms with van der Waals surface area (Å²) < 4.78 is 16.9. The molecule has 1 atom stereocenters. The summed E-state index contributed by atoms with van der Waals surface area (Å²) in [5.41, 5.74) is 3.15. The normalized spacial score (nSPS) is 14.6. The minimum absolute atomic E-state index is 0.188. The average Bonchev–Trinajstić information content (AvgIpc) is 3.09. The highest BCUT2D eigenvalue weighted by Crippen LogP contribution is 2.36. The van der Waals surface area contributed by atoms with Crippen LogP contribution in [0.15, 0.2) is 78.6 Å². The van der Waals surface area contributed by atoms with Crippen LogP contribution in [-0.4, -0.2) is 18.4 Å². The molecule has 0 N–H and O–H groups in total. The fraction of sp³-hybridized carbons (Fsp3) is 0.154. The van der Waals surface area contributed by atoms with Crippen molar-refractivity contribution in [2.24, 2.45) is 0 Å². The number of benzene rings is 3. The number of allylic oxidation sites excluding steroid dienone is 1. The van der Waals surface area contributed by atoms with Crippen LogP contribution in [0.3, 0.4) is 0 Å². The number of fused-ring (bicyclic) bond motifs is 1. The first-order valence-corrected chi connectivity index (χ1v) is 10.1. The van der Waals surface area contributed by atoms with Gasteiger partial charge in [-0.1, -0.05) is 60.2 Å². The summed E-state index contributed by atoms with van der Waals surface area (Å²) >= 11 is 0. The predicted molar refractivity (Wildman–Crippen MR) is 117 cm³/mol. The molecule has 156 valence electrons. The minimum atomic E-state index is -0.918. The number of hydrogen-bond donors (Lipinski definition) is 0. The molecule has 0 fully saturated rings. The molecule has 0 radical (unpaired) electrons. The number of hydrogen-bond acceptors (Lipinski definition) is 5. The molecule has 1 unspecified atom stereocenters. The number of esters is 1. The standard InChI is InChI=1S/C26H22O5/c1-3-29-26(28)25(19-7-5-4-6-8-19)30-20-13-14-21-22(16-20)31-23(24(21)27)15-18-11-9-17(2)10-12-18/h4-16,25H,3H2,1-2H3/b23-15-. The van der Waals surface area contributed by atoms with Crippen molar-refractivity contribution >= 4 is 17.8 Å². The molecule has 1 aliphatic rings. The van der Waals surface area contributed by atoms with Gasteiger partial charge in [0.05, 0.1) is 12.2 Å². The number of Topliss-reactive ketones (excluding diaryl/α,β-unsaturated/α-hetero) is 1. The summed E-state index contributed by atoms with van der Waals surface area (Å²) in [6.45, 7) is 4.00. The van der Waals surface area contributed by atoms with Crippen molar-refractivity contribution in [1.29, 1.82) is 0 Å². The van der Waals surface area contributed by atoms with Crippen molar-refractivity contribution in [2.75, 3.05) is 6.61 Å². The average molecular weight is 414 g/mol. The van der Waals surface area contributed by atoms with E-state index in [2.05, 4.69) is 0 Å². The van der Waals surface area contributed by atoms with Crippen LogP contribution in [0.1, 0.15) is 40.1 Å². The summed E-state index contributed by atoms with van der Waals surface area (Å²) in [6, 6.07) is 21.9. The Hall–Kier alpha value is -3.86. The number of carbonyl (C=O) groups is 2. The van der Waals surface area contributed by atoms with E-state index in [1.807, 2.05) is 49.4 Å². The van der Waals surface area contributed by atoms with E-state index >= 15 is 0 Å². The van der Waals surface area contributed by atoms with Crippen molar-refractivity contribution in [3.63, 3.8) is 0 Å². The molecule has 0 amide bonds. The number of ketones is 1. The maximum atomic E-state index is 12.7. The van der Waals surface area contributed by atoms with Crippen LogP contribution >= 0.6 is 0 Å². The summed E-state index contributed by atoms with van der Waals surface area (Å²) in [6.07, 6.45) is 0.798. The molecule has 1 aliphatic heterocycles. The smallest absolute Gasteiger partial charge is 0.352 e. The predicted octanol–water partition coefficient (Wildman–Crippen LogP) is 5.29. The Morgan fingerprint density at radius 2 is 1.77 bits per heavy atom. The third-order valence-electron chi connectivity index (χ3n) is 4.87. The lowest BCUT2D eigenvalue weighted by Crippen LogP contribution is -2.21. The molecule has 0 aromatic heterocycles. The van der Waals surface area contributed by atoms with E-state index in [0.717, 1.165) is 11.1 Å².